The second-order valence-electron chi connectivity index (χ2n) is 4.75. The Morgan fingerprint density at radius 2 is 1.90 bits per heavy atom. The van der Waals surface area contributed by atoms with Gasteiger partial charge in [-0.25, -0.2) is 4.39 Å². The second-order valence-corrected chi connectivity index (χ2v) is 5.56. The third-order valence-corrected chi connectivity index (χ3v) is 4.17. The van der Waals surface area contributed by atoms with Crippen molar-refractivity contribution in [1.82, 2.24) is 5.32 Å². The maximum absolute atomic E-state index is 13.5. The molecule has 2 aromatic rings. The molecule has 0 aliphatic rings. The highest BCUT2D eigenvalue weighted by Gasteiger charge is 2.14. The van der Waals surface area contributed by atoms with Crippen molar-refractivity contribution in [2.45, 2.75) is 19.4 Å². The topological polar surface area (TPSA) is 12.0 Å². The van der Waals surface area contributed by atoms with Crippen LogP contribution in [0.4, 0.5) is 4.39 Å². The number of hydrogen-bond donors (Lipinski definition) is 1. The number of likely N-dealkylation sites (N-methyl/N-ethyl adjacent to an activating group) is 1. The lowest BCUT2D eigenvalue weighted by molar-refractivity contribution is 0.582. The van der Waals surface area contributed by atoms with E-state index in [1.54, 1.807) is 6.07 Å². The van der Waals surface area contributed by atoms with Crippen molar-refractivity contribution in [2.24, 2.45) is 0 Å². The second kappa shape index (κ2) is 6.57. The van der Waals surface area contributed by atoms with Crippen LogP contribution in [0, 0.1) is 12.7 Å². The molecule has 0 amide bonds. The molecule has 1 N–H and O–H groups in total. The van der Waals surface area contributed by atoms with E-state index >= 15 is 0 Å². The molecule has 0 aliphatic heterocycles. The number of hydrogen-bond acceptors (Lipinski definition) is 1. The summed E-state index contributed by atoms with van der Waals surface area (Å²) < 4.78 is 13.5. The van der Waals surface area contributed by atoms with Gasteiger partial charge in [-0.15, -0.1) is 0 Å². The minimum atomic E-state index is -0.387. The Bertz CT molecular complexity index is 613. The largest absolute Gasteiger partial charge is 0.313 e. The van der Waals surface area contributed by atoms with Crippen LogP contribution >= 0.6 is 23.2 Å². The summed E-state index contributed by atoms with van der Waals surface area (Å²) in [5.74, 6) is -0.387. The highest BCUT2D eigenvalue weighted by atomic mass is 35.5. The molecule has 20 heavy (non-hydrogen) atoms. The summed E-state index contributed by atoms with van der Waals surface area (Å²) in [6, 6.07) is 10.8. The first-order valence-electron chi connectivity index (χ1n) is 6.39. The predicted octanol–water partition coefficient (Wildman–Crippen LogP) is 4.94. The fraction of sp³-hybridized carbons (Fsp3) is 0.250. The van der Waals surface area contributed by atoms with Crippen LogP contribution in [0.3, 0.4) is 0 Å². The summed E-state index contributed by atoms with van der Waals surface area (Å²) in [7, 11) is 1.89. The number of benzene rings is 2. The first-order chi connectivity index (χ1) is 9.52. The molecule has 106 valence electrons. The van der Waals surface area contributed by atoms with Crippen molar-refractivity contribution < 1.29 is 4.39 Å². The smallest absolute Gasteiger partial charge is 0.142 e. The average Bonchev–Trinajstić information content (AvgIpc) is 2.43. The van der Waals surface area contributed by atoms with E-state index in [1.165, 1.54) is 6.07 Å². The summed E-state index contributed by atoms with van der Waals surface area (Å²) in [6.45, 7) is 1.99. The van der Waals surface area contributed by atoms with Crippen LogP contribution in [0.25, 0.3) is 0 Å². The Kier molecular flexibility index (Phi) is 5.03. The molecule has 2 rings (SSSR count). The van der Waals surface area contributed by atoms with Crippen molar-refractivity contribution in [2.75, 3.05) is 7.05 Å². The molecular formula is C16H16Cl2FN. The molecule has 1 unspecified atom stereocenters. The summed E-state index contributed by atoms with van der Waals surface area (Å²) in [4.78, 5) is 0. The van der Waals surface area contributed by atoms with Gasteiger partial charge in [0, 0.05) is 11.1 Å². The van der Waals surface area contributed by atoms with Gasteiger partial charge >= 0.3 is 0 Å². The molecule has 1 atom stereocenters. The van der Waals surface area contributed by atoms with E-state index in [9.17, 15) is 4.39 Å². The van der Waals surface area contributed by atoms with Crippen molar-refractivity contribution in [3.8, 4) is 0 Å². The number of nitrogens with one attached hydrogen (secondary N) is 1. The van der Waals surface area contributed by atoms with Crippen LogP contribution in [0.2, 0.25) is 10.0 Å². The molecule has 2 aromatic carbocycles. The maximum Gasteiger partial charge on any atom is 0.142 e. The van der Waals surface area contributed by atoms with Crippen molar-refractivity contribution in [3.63, 3.8) is 0 Å². The van der Waals surface area contributed by atoms with Gasteiger partial charge in [0.25, 0.3) is 0 Å². The zero-order valence-electron chi connectivity index (χ0n) is 11.4. The van der Waals surface area contributed by atoms with Gasteiger partial charge in [0.2, 0.25) is 0 Å². The van der Waals surface area contributed by atoms with Gasteiger partial charge in [0.15, 0.2) is 0 Å². The monoisotopic (exact) mass is 311 g/mol. The molecule has 0 fully saturated rings. The first kappa shape index (κ1) is 15.3. The zero-order valence-corrected chi connectivity index (χ0v) is 12.9. The van der Waals surface area contributed by atoms with Gasteiger partial charge in [-0.3, -0.25) is 0 Å². The van der Waals surface area contributed by atoms with Crippen LogP contribution < -0.4 is 5.32 Å². The van der Waals surface area contributed by atoms with E-state index < -0.39 is 0 Å². The fourth-order valence-corrected chi connectivity index (χ4v) is 2.57. The zero-order chi connectivity index (χ0) is 14.7. The number of halogens is 3. The molecule has 0 heterocycles. The molecule has 0 saturated carbocycles. The molecule has 0 aliphatic carbocycles. The van der Waals surface area contributed by atoms with Gasteiger partial charge in [0.05, 0.1) is 5.02 Å². The Labute approximate surface area is 128 Å². The number of rotatable bonds is 4. The Morgan fingerprint density at radius 1 is 1.15 bits per heavy atom. The van der Waals surface area contributed by atoms with Crippen molar-refractivity contribution in [1.29, 1.82) is 0 Å². The van der Waals surface area contributed by atoms with Crippen molar-refractivity contribution >= 4 is 23.2 Å². The molecule has 0 spiro atoms. The van der Waals surface area contributed by atoms with Gasteiger partial charge in [-0.1, -0.05) is 41.4 Å². The summed E-state index contributed by atoms with van der Waals surface area (Å²) in [5, 5.41) is 4.14. The summed E-state index contributed by atoms with van der Waals surface area (Å²) in [6.07, 6.45) is 0.672. The Hall–Kier alpha value is -1.09. The maximum atomic E-state index is 13.5. The van der Waals surface area contributed by atoms with Gasteiger partial charge < -0.3 is 5.32 Å². The van der Waals surface area contributed by atoms with E-state index in [2.05, 4.69) is 5.32 Å². The third-order valence-electron chi connectivity index (χ3n) is 3.46. The van der Waals surface area contributed by atoms with Gasteiger partial charge in [-0.05, 0) is 55.3 Å². The van der Waals surface area contributed by atoms with Crippen molar-refractivity contribution in [3.05, 3.63) is 69.0 Å². The minimum absolute atomic E-state index is 0.0780. The van der Waals surface area contributed by atoms with Crippen LogP contribution in [0.1, 0.15) is 22.7 Å². The third kappa shape index (κ3) is 3.32. The van der Waals surface area contributed by atoms with Crippen LogP contribution in [0.15, 0.2) is 36.4 Å². The summed E-state index contributed by atoms with van der Waals surface area (Å²) in [5.41, 5.74) is 3.06. The predicted molar refractivity (Wildman–Crippen MR) is 83.1 cm³/mol. The Balaban J connectivity index is 2.28. The average molecular weight is 312 g/mol. The van der Waals surface area contributed by atoms with Crippen LogP contribution in [0.5, 0.6) is 0 Å². The molecule has 0 aromatic heterocycles. The highest BCUT2D eigenvalue weighted by Crippen LogP contribution is 2.27. The fourth-order valence-electron chi connectivity index (χ4n) is 2.27. The highest BCUT2D eigenvalue weighted by molar-refractivity contribution is 6.31. The molecule has 1 nitrogen and oxygen atoms in total. The normalized spacial score (nSPS) is 12.4. The Morgan fingerprint density at radius 3 is 2.55 bits per heavy atom. The van der Waals surface area contributed by atoms with E-state index in [0.717, 1.165) is 21.7 Å². The van der Waals surface area contributed by atoms with Crippen LogP contribution in [-0.2, 0) is 6.42 Å². The molecule has 0 radical (unpaired) electrons. The van der Waals surface area contributed by atoms with E-state index in [-0.39, 0.29) is 16.9 Å². The van der Waals surface area contributed by atoms with E-state index in [1.807, 2.05) is 38.2 Å². The van der Waals surface area contributed by atoms with E-state index in [4.69, 9.17) is 23.2 Å². The van der Waals surface area contributed by atoms with E-state index in [0.29, 0.717) is 6.42 Å². The minimum Gasteiger partial charge on any atom is -0.313 e. The van der Waals surface area contributed by atoms with Gasteiger partial charge in [-0.2, -0.15) is 0 Å². The lowest BCUT2D eigenvalue weighted by Gasteiger charge is -2.20. The SMILES string of the molecule is CNC(Cc1ccc(Cl)c(F)c1)c1cccc(Cl)c1C. The summed E-state index contributed by atoms with van der Waals surface area (Å²) >= 11 is 11.9. The lowest BCUT2D eigenvalue weighted by atomic mass is 9.95. The first-order valence-corrected chi connectivity index (χ1v) is 7.14. The lowest BCUT2D eigenvalue weighted by Crippen LogP contribution is -2.20. The molecule has 4 heteroatoms. The van der Waals surface area contributed by atoms with Crippen LogP contribution in [-0.4, -0.2) is 7.05 Å². The van der Waals surface area contributed by atoms with Gasteiger partial charge in [0.1, 0.15) is 5.82 Å². The quantitative estimate of drug-likeness (QED) is 0.843. The standard InChI is InChI=1S/C16H16Cl2FN/c1-10-12(4-3-5-13(10)17)16(20-2)9-11-6-7-14(18)15(19)8-11/h3-8,16,20H,9H2,1-2H3. The molecule has 0 saturated heterocycles. The molecule has 0 bridgehead atoms. The molecular weight excluding hydrogens is 296 g/mol.